The van der Waals surface area contributed by atoms with Crippen LogP contribution in [0.5, 0.6) is 23.0 Å². The van der Waals surface area contributed by atoms with Crippen LogP contribution in [0.2, 0.25) is 0 Å². The summed E-state index contributed by atoms with van der Waals surface area (Å²) in [5, 5.41) is 14.3. The second kappa shape index (κ2) is 8.53. The first-order valence-electron chi connectivity index (χ1n) is 11.1. The summed E-state index contributed by atoms with van der Waals surface area (Å²) in [4.78, 5) is 19.4. The third-order valence-electron chi connectivity index (χ3n) is 6.81. The first kappa shape index (κ1) is 22.0. The van der Waals surface area contributed by atoms with E-state index in [9.17, 15) is 9.90 Å². The summed E-state index contributed by atoms with van der Waals surface area (Å²) < 4.78 is 17.0. The number of anilines is 1. The van der Waals surface area contributed by atoms with Gasteiger partial charge in [-0.15, -0.1) is 0 Å². The number of carbonyl (C=O) groups excluding carboxylic acids is 1. The van der Waals surface area contributed by atoms with Crippen molar-refractivity contribution in [3.63, 3.8) is 0 Å². The van der Waals surface area contributed by atoms with E-state index in [-0.39, 0.29) is 23.4 Å². The lowest BCUT2D eigenvalue weighted by Crippen LogP contribution is -2.36. The highest BCUT2D eigenvalue weighted by molar-refractivity contribution is 6.06. The highest BCUT2D eigenvalue weighted by atomic mass is 16.5. The number of fused-ring (bicyclic) bond motifs is 2. The average molecular weight is 462 g/mol. The molecule has 3 aromatic rings. The lowest BCUT2D eigenvalue weighted by Gasteiger charge is -2.41. The molecule has 0 unspecified atom stereocenters. The topological polar surface area (TPSA) is 93.2 Å². The largest absolute Gasteiger partial charge is 0.504 e. The second-order valence-electron chi connectivity index (χ2n) is 8.53. The normalized spacial score (nSPS) is 16.3. The molecule has 176 valence electrons. The number of carbonyl (C=O) groups is 1. The Hall–Kier alpha value is -3.78. The summed E-state index contributed by atoms with van der Waals surface area (Å²) in [7, 11) is 6.79. The van der Waals surface area contributed by atoms with Gasteiger partial charge >= 0.3 is 0 Å². The number of phenolic OH excluding ortho intramolecular Hbond substituents is 1. The summed E-state index contributed by atoms with van der Waals surface area (Å²) in [5.74, 6) is 1.15. The van der Waals surface area contributed by atoms with Gasteiger partial charge in [0.05, 0.1) is 26.9 Å². The van der Waals surface area contributed by atoms with E-state index in [0.717, 1.165) is 29.7 Å². The van der Waals surface area contributed by atoms with Gasteiger partial charge in [-0.1, -0.05) is 0 Å². The number of benzene rings is 2. The number of aromatic hydroxyl groups is 1. The molecule has 0 radical (unpaired) electrons. The number of ether oxygens (including phenoxy) is 3. The zero-order valence-electron chi connectivity index (χ0n) is 19.6. The molecule has 8 nitrogen and oxygen atoms in total. The number of nitrogens with one attached hydrogen (secondary N) is 1. The minimum Gasteiger partial charge on any atom is -0.504 e. The van der Waals surface area contributed by atoms with Crippen LogP contribution in [-0.4, -0.2) is 55.8 Å². The molecule has 0 saturated heterocycles. The second-order valence-corrected chi connectivity index (χ2v) is 8.53. The fourth-order valence-electron chi connectivity index (χ4n) is 5.15. The number of nitrogens with zero attached hydrogens (tertiary/aromatic N) is 2. The van der Waals surface area contributed by atoms with Crippen molar-refractivity contribution in [2.24, 2.45) is 0 Å². The highest BCUT2D eigenvalue weighted by Gasteiger charge is 2.39. The molecule has 1 aromatic heterocycles. The minimum atomic E-state index is -0.288. The maximum absolute atomic E-state index is 13.0. The first-order chi connectivity index (χ1) is 16.5. The first-order valence-corrected chi connectivity index (χ1v) is 11.1. The van der Waals surface area contributed by atoms with E-state index >= 15 is 0 Å². The van der Waals surface area contributed by atoms with Crippen molar-refractivity contribution in [3.8, 4) is 34.1 Å². The molecule has 2 N–H and O–H groups in total. The van der Waals surface area contributed by atoms with Crippen LogP contribution in [-0.2, 0) is 12.8 Å². The summed E-state index contributed by atoms with van der Waals surface area (Å²) in [6.45, 7) is 0.890. The predicted molar refractivity (Wildman–Crippen MR) is 128 cm³/mol. The number of likely N-dealkylation sites (N-methyl/N-ethyl adjacent to an activating group) is 1. The van der Waals surface area contributed by atoms with E-state index < -0.39 is 0 Å². The number of amides is 1. The molecule has 0 spiro atoms. The predicted octanol–water partition coefficient (Wildman–Crippen LogP) is 3.82. The van der Waals surface area contributed by atoms with Crippen molar-refractivity contribution in [3.05, 3.63) is 58.9 Å². The van der Waals surface area contributed by atoms with E-state index in [1.807, 2.05) is 6.07 Å². The Balaban J connectivity index is 1.78. The quantitative estimate of drug-likeness (QED) is 0.558. The molecule has 0 bridgehead atoms. The Morgan fingerprint density at radius 2 is 1.94 bits per heavy atom. The van der Waals surface area contributed by atoms with Crippen LogP contribution in [0.3, 0.4) is 0 Å². The molecule has 2 aromatic carbocycles. The Kier molecular flexibility index (Phi) is 5.53. The average Bonchev–Trinajstić information content (AvgIpc) is 2.87. The van der Waals surface area contributed by atoms with Gasteiger partial charge in [-0.2, -0.15) is 0 Å². The summed E-state index contributed by atoms with van der Waals surface area (Å²) in [5.41, 5.74) is 5.50. The van der Waals surface area contributed by atoms with Gasteiger partial charge < -0.3 is 24.6 Å². The number of rotatable bonds is 5. The molecule has 8 heteroatoms. The van der Waals surface area contributed by atoms with Gasteiger partial charge in [0.1, 0.15) is 0 Å². The third kappa shape index (κ3) is 3.33. The number of aromatic nitrogens is 1. The van der Waals surface area contributed by atoms with E-state index in [4.69, 9.17) is 14.2 Å². The van der Waals surface area contributed by atoms with Gasteiger partial charge in [0, 0.05) is 47.9 Å². The molecular formula is C26H27N3O5. The van der Waals surface area contributed by atoms with Gasteiger partial charge in [-0.25, -0.2) is 0 Å². The molecule has 2 heterocycles. The molecule has 0 saturated carbocycles. The Labute approximate surface area is 198 Å². The SMILES string of the molecule is COc1cc(NC(=O)c2cccnc2)c2c(c1O)-c1c(OC)c(OC)cc3c1[C@H](C2)N(C)CC3. The number of methoxy groups -OCH3 is 3. The number of hydrogen-bond donors (Lipinski definition) is 2. The molecule has 0 fully saturated rings. The minimum absolute atomic E-state index is 0.0114. The lowest BCUT2D eigenvalue weighted by molar-refractivity contribution is 0.102. The number of hydrogen-bond acceptors (Lipinski definition) is 7. The molecular weight excluding hydrogens is 434 g/mol. The van der Waals surface area contributed by atoms with E-state index in [1.54, 1.807) is 38.6 Å². The van der Waals surface area contributed by atoms with Crippen molar-refractivity contribution in [2.75, 3.05) is 40.2 Å². The van der Waals surface area contributed by atoms with Gasteiger partial charge in [-0.05, 0) is 54.8 Å². The third-order valence-corrected chi connectivity index (χ3v) is 6.81. The Morgan fingerprint density at radius 3 is 2.62 bits per heavy atom. The summed E-state index contributed by atoms with van der Waals surface area (Å²) in [6.07, 6.45) is 4.61. The molecule has 1 aliphatic carbocycles. The van der Waals surface area contributed by atoms with Crippen LogP contribution in [0.25, 0.3) is 11.1 Å². The number of pyridine rings is 1. The van der Waals surface area contributed by atoms with Crippen LogP contribution in [0.4, 0.5) is 5.69 Å². The summed E-state index contributed by atoms with van der Waals surface area (Å²) >= 11 is 0. The van der Waals surface area contributed by atoms with Crippen molar-refractivity contribution in [1.82, 2.24) is 9.88 Å². The van der Waals surface area contributed by atoms with Crippen molar-refractivity contribution in [1.29, 1.82) is 0 Å². The van der Waals surface area contributed by atoms with E-state index in [0.29, 0.717) is 34.7 Å². The van der Waals surface area contributed by atoms with Gasteiger partial charge in [-0.3, -0.25) is 14.7 Å². The highest BCUT2D eigenvalue weighted by Crippen LogP contribution is 2.57. The van der Waals surface area contributed by atoms with E-state index in [2.05, 4.69) is 22.2 Å². The molecule has 34 heavy (non-hydrogen) atoms. The fraction of sp³-hybridized carbons (Fsp3) is 0.308. The maximum atomic E-state index is 13.0. The zero-order valence-corrected chi connectivity index (χ0v) is 19.6. The molecule has 1 atom stereocenters. The Morgan fingerprint density at radius 1 is 1.15 bits per heavy atom. The zero-order chi connectivity index (χ0) is 24.0. The van der Waals surface area contributed by atoms with Crippen LogP contribution in [0.1, 0.15) is 33.1 Å². The summed E-state index contributed by atoms with van der Waals surface area (Å²) in [6, 6.07) is 7.19. The lowest BCUT2D eigenvalue weighted by atomic mass is 9.75. The van der Waals surface area contributed by atoms with Crippen LogP contribution < -0.4 is 19.5 Å². The van der Waals surface area contributed by atoms with Gasteiger partial charge in [0.2, 0.25) is 0 Å². The standard InChI is InChI=1S/C26H27N3O5/c1-29-9-7-14-10-20(33-3)25(34-4)23-21(14)18(29)11-16-17(12-19(32-2)24(30)22(16)23)28-26(31)15-6-5-8-27-13-15/h5-6,8,10,12-13,18,30H,7,9,11H2,1-4H3,(H,28,31)/t18-/m0/s1. The molecule has 2 aliphatic rings. The number of phenols is 1. The monoisotopic (exact) mass is 461 g/mol. The smallest absolute Gasteiger partial charge is 0.257 e. The van der Waals surface area contributed by atoms with Gasteiger partial charge in [0.15, 0.2) is 23.0 Å². The van der Waals surface area contributed by atoms with Gasteiger partial charge in [0.25, 0.3) is 5.91 Å². The Bertz CT molecular complexity index is 1280. The van der Waals surface area contributed by atoms with Crippen LogP contribution in [0, 0.1) is 0 Å². The van der Waals surface area contributed by atoms with Crippen molar-refractivity contribution < 1.29 is 24.1 Å². The molecule has 5 rings (SSSR count). The maximum Gasteiger partial charge on any atom is 0.257 e. The van der Waals surface area contributed by atoms with E-state index in [1.165, 1.54) is 18.9 Å². The molecule has 1 aliphatic heterocycles. The van der Waals surface area contributed by atoms with Crippen LogP contribution in [0.15, 0.2) is 36.7 Å². The fourth-order valence-corrected chi connectivity index (χ4v) is 5.15. The van der Waals surface area contributed by atoms with Crippen molar-refractivity contribution >= 4 is 11.6 Å². The van der Waals surface area contributed by atoms with Crippen LogP contribution >= 0.6 is 0 Å². The van der Waals surface area contributed by atoms with Crippen molar-refractivity contribution in [2.45, 2.75) is 18.9 Å². The molecule has 1 amide bonds.